The first-order valence-electron chi connectivity index (χ1n) is 5.56. The van der Waals surface area contributed by atoms with E-state index < -0.39 is 11.7 Å². The minimum Gasteiger partial charge on any atom is -0.465 e. The summed E-state index contributed by atoms with van der Waals surface area (Å²) in [4.78, 5) is 3.15. The van der Waals surface area contributed by atoms with E-state index in [-0.39, 0.29) is 0 Å². The molecule has 0 aromatic heterocycles. The number of rotatable bonds is 1. The van der Waals surface area contributed by atoms with Gasteiger partial charge in [0.25, 0.3) is 0 Å². The first-order chi connectivity index (χ1) is 7.97. The van der Waals surface area contributed by atoms with Crippen LogP contribution in [0.4, 0.5) is 18.9 Å². The van der Waals surface area contributed by atoms with E-state index in [1.807, 2.05) is 4.90 Å². The van der Waals surface area contributed by atoms with Crippen LogP contribution >= 0.6 is 0 Å². The maximum atomic E-state index is 12.6. The lowest BCUT2D eigenvalue weighted by molar-refractivity contribution is -0.854. The van der Waals surface area contributed by atoms with Crippen LogP contribution in [0.1, 0.15) is 5.56 Å². The number of benzene rings is 1. The van der Waals surface area contributed by atoms with Gasteiger partial charge in [-0.25, -0.2) is 0 Å². The maximum absolute atomic E-state index is 12.6. The van der Waals surface area contributed by atoms with Crippen molar-refractivity contribution in [3.8, 4) is 0 Å². The average Bonchev–Trinajstić information content (AvgIpc) is 2.29. The smallest absolute Gasteiger partial charge is 0.416 e. The average molecular weight is 244 g/mol. The highest BCUT2D eigenvalue weighted by atomic mass is 19.4. The van der Waals surface area contributed by atoms with Crippen LogP contribution in [0.2, 0.25) is 0 Å². The van der Waals surface area contributed by atoms with E-state index in [9.17, 15) is 13.2 Å². The number of halogens is 3. The van der Waals surface area contributed by atoms with Crippen molar-refractivity contribution in [2.24, 2.45) is 0 Å². The Labute approximate surface area is 98.6 Å². The van der Waals surface area contributed by atoms with Crippen LogP contribution in [0, 0.1) is 7.05 Å². The fourth-order valence-electron chi connectivity index (χ4n) is 1.96. The molecule has 0 spiro atoms. The summed E-state index contributed by atoms with van der Waals surface area (Å²) in [5.74, 6) is 0. The molecule has 1 saturated heterocycles. The van der Waals surface area contributed by atoms with E-state index in [2.05, 4.69) is 7.05 Å². The predicted molar refractivity (Wildman–Crippen MR) is 59.7 cm³/mol. The van der Waals surface area contributed by atoms with Crippen molar-refractivity contribution in [3.63, 3.8) is 0 Å². The molecule has 1 aliphatic rings. The third-order valence-electron chi connectivity index (χ3n) is 3.01. The molecule has 17 heavy (non-hydrogen) atoms. The number of anilines is 1. The second-order valence-corrected chi connectivity index (χ2v) is 4.29. The number of quaternary nitrogens is 1. The molecular weight excluding hydrogens is 229 g/mol. The fourth-order valence-corrected chi connectivity index (χ4v) is 1.96. The summed E-state index contributed by atoms with van der Waals surface area (Å²) in [6, 6.07) is 5.51. The van der Waals surface area contributed by atoms with Crippen LogP contribution in [-0.2, 0) is 6.18 Å². The molecule has 1 fully saturated rings. The minimum absolute atomic E-state index is 0.584. The SMILES string of the molecule is [CH2-][NH+]1CCN(c2cccc(C(F)(F)F)c2)CC1. The lowest BCUT2D eigenvalue weighted by atomic mass is 10.1. The summed E-state index contributed by atoms with van der Waals surface area (Å²) in [6.07, 6.45) is -4.27. The summed E-state index contributed by atoms with van der Waals surface area (Å²) in [6.45, 7) is 3.22. The highest BCUT2D eigenvalue weighted by molar-refractivity contribution is 5.49. The Morgan fingerprint density at radius 2 is 1.82 bits per heavy atom. The molecule has 0 unspecified atom stereocenters. The quantitative estimate of drug-likeness (QED) is 0.729. The van der Waals surface area contributed by atoms with Gasteiger partial charge in [-0.3, -0.25) is 0 Å². The molecule has 5 heteroatoms. The topological polar surface area (TPSA) is 7.68 Å². The van der Waals surface area contributed by atoms with E-state index in [1.54, 1.807) is 6.07 Å². The molecule has 0 saturated carbocycles. The maximum Gasteiger partial charge on any atom is 0.416 e. The van der Waals surface area contributed by atoms with E-state index in [0.717, 1.165) is 32.2 Å². The van der Waals surface area contributed by atoms with Crippen LogP contribution in [-0.4, -0.2) is 26.2 Å². The molecule has 1 aromatic rings. The lowest BCUT2D eigenvalue weighted by Crippen LogP contribution is -3.10. The van der Waals surface area contributed by atoms with Crippen molar-refractivity contribution in [1.82, 2.24) is 0 Å². The van der Waals surface area contributed by atoms with Crippen LogP contribution in [0.25, 0.3) is 0 Å². The molecule has 1 N–H and O–H groups in total. The minimum atomic E-state index is -4.27. The van der Waals surface area contributed by atoms with Gasteiger partial charge < -0.3 is 9.80 Å². The van der Waals surface area contributed by atoms with E-state index in [1.165, 1.54) is 17.0 Å². The zero-order valence-corrected chi connectivity index (χ0v) is 9.43. The molecule has 0 amide bonds. The molecule has 0 bridgehead atoms. The molecule has 2 nitrogen and oxygen atoms in total. The second-order valence-electron chi connectivity index (χ2n) is 4.29. The Hall–Kier alpha value is -1.23. The van der Waals surface area contributed by atoms with Gasteiger partial charge in [-0.05, 0) is 18.2 Å². The molecule has 1 aromatic carbocycles. The molecule has 0 atom stereocenters. The van der Waals surface area contributed by atoms with Crippen molar-refractivity contribution in [3.05, 3.63) is 36.9 Å². The number of hydrogen-bond acceptors (Lipinski definition) is 1. The number of nitrogens with one attached hydrogen (secondary N) is 1. The number of nitrogens with zero attached hydrogens (tertiary/aromatic N) is 1. The summed E-state index contributed by atoms with van der Waals surface area (Å²) in [5.41, 5.74) is 0.0618. The van der Waals surface area contributed by atoms with Gasteiger partial charge in [-0.15, -0.1) is 0 Å². The highest BCUT2D eigenvalue weighted by Gasteiger charge is 2.31. The molecule has 2 rings (SSSR count). The summed E-state index contributed by atoms with van der Waals surface area (Å²) < 4.78 is 37.7. The largest absolute Gasteiger partial charge is 0.465 e. The summed E-state index contributed by atoms with van der Waals surface area (Å²) in [5, 5.41) is 0. The third-order valence-corrected chi connectivity index (χ3v) is 3.01. The zero-order chi connectivity index (χ0) is 12.5. The van der Waals surface area contributed by atoms with Gasteiger partial charge in [0, 0.05) is 5.69 Å². The van der Waals surface area contributed by atoms with Gasteiger partial charge in [-0.1, -0.05) is 6.07 Å². The summed E-state index contributed by atoms with van der Waals surface area (Å²) >= 11 is 0. The van der Waals surface area contributed by atoms with Crippen LogP contribution in [0.5, 0.6) is 0 Å². The third kappa shape index (κ3) is 2.91. The van der Waals surface area contributed by atoms with Crippen molar-refractivity contribution >= 4 is 5.69 Å². The normalized spacial score (nSPS) is 18.5. The Morgan fingerprint density at radius 3 is 2.41 bits per heavy atom. The van der Waals surface area contributed by atoms with Crippen LogP contribution in [0.15, 0.2) is 24.3 Å². The second kappa shape index (κ2) is 4.56. The van der Waals surface area contributed by atoms with E-state index in [0.29, 0.717) is 5.69 Å². The number of hydrogen-bond donors (Lipinski definition) is 1. The van der Waals surface area contributed by atoms with E-state index in [4.69, 9.17) is 0 Å². The monoisotopic (exact) mass is 244 g/mol. The van der Waals surface area contributed by atoms with Crippen molar-refractivity contribution in [2.75, 3.05) is 31.1 Å². The Bertz CT molecular complexity index is 382. The molecule has 1 aliphatic heterocycles. The van der Waals surface area contributed by atoms with Crippen molar-refractivity contribution in [2.45, 2.75) is 6.18 Å². The molecular formula is C12H15F3N2. The number of piperazine rings is 1. The highest BCUT2D eigenvalue weighted by Crippen LogP contribution is 2.31. The zero-order valence-electron chi connectivity index (χ0n) is 9.43. The van der Waals surface area contributed by atoms with Gasteiger partial charge in [0.1, 0.15) is 0 Å². The number of alkyl halides is 3. The van der Waals surface area contributed by atoms with Crippen LogP contribution < -0.4 is 9.80 Å². The molecule has 0 aliphatic carbocycles. The molecule has 1 heterocycles. The van der Waals surface area contributed by atoms with Gasteiger partial charge >= 0.3 is 6.18 Å². The van der Waals surface area contributed by atoms with Gasteiger partial charge in [-0.2, -0.15) is 20.2 Å². The van der Waals surface area contributed by atoms with Crippen LogP contribution in [0.3, 0.4) is 0 Å². The lowest BCUT2D eigenvalue weighted by Gasteiger charge is -2.35. The molecule has 0 radical (unpaired) electrons. The Kier molecular flexibility index (Phi) is 3.28. The fraction of sp³-hybridized carbons (Fsp3) is 0.417. The first-order valence-corrected chi connectivity index (χ1v) is 5.56. The van der Waals surface area contributed by atoms with E-state index >= 15 is 0 Å². The Morgan fingerprint density at radius 1 is 1.18 bits per heavy atom. The summed E-state index contributed by atoms with van der Waals surface area (Å²) in [7, 11) is 3.89. The van der Waals surface area contributed by atoms with Gasteiger partial charge in [0.15, 0.2) is 0 Å². The first kappa shape index (κ1) is 12.2. The molecule has 94 valence electrons. The Balaban J connectivity index is 2.16. The predicted octanol–water partition coefficient (Wildman–Crippen LogP) is 1.20. The van der Waals surface area contributed by atoms with Crippen molar-refractivity contribution < 1.29 is 18.1 Å². The van der Waals surface area contributed by atoms with Crippen molar-refractivity contribution in [1.29, 1.82) is 0 Å². The van der Waals surface area contributed by atoms with Gasteiger partial charge in [0.2, 0.25) is 0 Å². The standard InChI is InChI=1S/C12H15F3N2/c1-16-5-7-17(8-6-16)11-4-2-3-10(9-11)12(13,14)15/h2-4,9,16H,1,5-8H2. The van der Waals surface area contributed by atoms with Gasteiger partial charge in [0.05, 0.1) is 31.7 Å².